The third-order valence-corrected chi connectivity index (χ3v) is 9.56. The third kappa shape index (κ3) is 5.55. The van der Waals surface area contributed by atoms with E-state index in [1.54, 1.807) is 0 Å². The molecule has 0 saturated heterocycles. The van der Waals surface area contributed by atoms with E-state index in [9.17, 15) is 0 Å². The molecule has 146 valence electrons. The second-order valence-electron chi connectivity index (χ2n) is 6.60. The van der Waals surface area contributed by atoms with Gasteiger partial charge in [0.15, 0.2) is 0 Å². The van der Waals surface area contributed by atoms with Gasteiger partial charge in [-0.3, -0.25) is 6.08 Å². The normalized spacial score (nSPS) is 12.2. The number of halogens is 3. The molecule has 5 heteroatoms. The summed E-state index contributed by atoms with van der Waals surface area (Å²) in [6, 6.07) is 32.7. The zero-order chi connectivity index (χ0) is 17.1. The first-order chi connectivity index (χ1) is 12.3. The molecule has 0 bridgehead atoms. The fourth-order valence-electron chi connectivity index (χ4n) is 3.78. The predicted molar refractivity (Wildman–Crippen MR) is 110 cm³/mol. The van der Waals surface area contributed by atoms with Crippen LogP contribution in [0.15, 0.2) is 102 Å². The van der Waals surface area contributed by atoms with Crippen molar-refractivity contribution in [3.63, 3.8) is 0 Å². The van der Waals surface area contributed by atoms with Gasteiger partial charge in [-0.15, -0.1) is 12.0 Å². The van der Waals surface area contributed by atoms with Crippen LogP contribution >= 0.6 is 0 Å². The van der Waals surface area contributed by atoms with E-state index in [-0.39, 0.29) is 58.9 Å². The van der Waals surface area contributed by atoms with Crippen molar-refractivity contribution in [3.05, 3.63) is 114 Å². The third-order valence-electron chi connectivity index (χ3n) is 5.14. The Bertz CT molecular complexity index is 887. The SMILES string of the molecule is C[Si](C1=[C-]CC=C1c1ccccc1)(c1ccccc1)c1ccccc1.[Cl-].[Cl-].[Cl-].[Ti+4]. The van der Waals surface area contributed by atoms with Gasteiger partial charge in [-0.25, -0.2) is 5.20 Å². The van der Waals surface area contributed by atoms with Gasteiger partial charge in [0.1, 0.15) is 8.07 Å². The van der Waals surface area contributed by atoms with Gasteiger partial charge in [0.05, 0.1) is 0 Å². The van der Waals surface area contributed by atoms with E-state index in [0.29, 0.717) is 0 Å². The minimum Gasteiger partial charge on any atom is -1.00 e. The first kappa shape index (κ1) is 27.9. The maximum Gasteiger partial charge on any atom is 4.00 e. The van der Waals surface area contributed by atoms with Crippen LogP contribution in [0.25, 0.3) is 5.57 Å². The maximum atomic E-state index is 3.73. The van der Waals surface area contributed by atoms with Crippen LogP contribution in [0.5, 0.6) is 0 Å². The van der Waals surface area contributed by atoms with Crippen LogP contribution < -0.4 is 47.6 Å². The number of hydrogen-bond acceptors (Lipinski definition) is 0. The summed E-state index contributed by atoms with van der Waals surface area (Å²) in [7, 11) is -2.08. The second-order valence-corrected chi connectivity index (χ2v) is 10.5. The van der Waals surface area contributed by atoms with Crippen LogP contribution in [0.4, 0.5) is 0 Å². The molecule has 0 radical (unpaired) electrons. The molecular formula is C24H21Cl3SiTi. The van der Waals surface area contributed by atoms with Crippen molar-refractivity contribution in [1.82, 2.24) is 0 Å². The Balaban J connectivity index is 0.00000196. The van der Waals surface area contributed by atoms with E-state index in [0.717, 1.165) is 6.42 Å². The Hall–Kier alpha value is -1.06. The molecule has 0 nitrogen and oxygen atoms in total. The summed E-state index contributed by atoms with van der Waals surface area (Å²) >= 11 is 0. The van der Waals surface area contributed by atoms with Gasteiger partial charge in [-0.1, -0.05) is 108 Å². The number of benzene rings is 3. The molecule has 0 aliphatic heterocycles. The summed E-state index contributed by atoms with van der Waals surface area (Å²) in [5.41, 5.74) is 2.66. The van der Waals surface area contributed by atoms with Gasteiger partial charge >= 0.3 is 21.7 Å². The molecule has 0 fully saturated rings. The summed E-state index contributed by atoms with van der Waals surface area (Å²) < 4.78 is 0. The first-order valence-electron chi connectivity index (χ1n) is 8.78. The van der Waals surface area contributed by atoms with Crippen LogP contribution in [-0.4, -0.2) is 8.07 Å². The van der Waals surface area contributed by atoms with Crippen LogP contribution in [0.1, 0.15) is 12.0 Å². The van der Waals surface area contributed by atoms with Crippen LogP contribution in [-0.2, 0) is 21.7 Å². The predicted octanol–water partition coefficient (Wildman–Crippen LogP) is -4.36. The van der Waals surface area contributed by atoms with E-state index in [2.05, 4.69) is 110 Å². The molecular weight excluding hydrogens is 471 g/mol. The van der Waals surface area contributed by atoms with Gasteiger partial charge < -0.3 is 37.2 Å². The smallest absolute Gasteiger partial charge is 1.00 e. The summed E-state index contributed by atoms with van der Waals surface area (Å²) in [6.07, 6.45) is 6.97. The molecule has 3 aromatic carbocycles. The fraction of sp³-hybridized carbons (Fsp3) is 0.0833. The van der Waals surface area contributed by atoms with E-state index >= 15 is 0 Å². The Kier molecular flexibility index (Phi) is 12.1. The zero-order valence-corrected chi connectivity index (χ0v) is 20.9. The van der Waals surface area contributed by atoms with Gasteiger partial charge in [0.25, 0.3) is 0 Å². The van der Waals surface area contributed by atoms with Crippen molar-refractivity contribution in [2.45, 2.75) is 13.0 Å². The molecule has 4 rings (SSSR count). The molecule has 0 spiro atoms. The van der Waals surface area contributed by atoms with Crippen molar-refractivity contribution < 1.29 is 58.9 Å². The Morgan fingerprint density at radius 3 is 1.52 bits per heavy atom. The zero-order valence-electron chi connectivity index (χ0n) is 16.1. The molecule has 3 aromatic rings. The second kappa shape index (κ2) is 12.6. The molecule has 0 N–H and O–H groups in total. The number of allylic oxidation sites excluding steroid dienone is 4. The average molecular weight is 492 g/mol. The minimum absolute atomic E-state index is 0. The maximum absolute atomic E-state index is 3.73. The number of hydrogen-bond donors (Lipinski definition) is 0. The molecule has 0 amide bonds. The van der Waals surface area contributed by atoms with E-state index in [4.69, 9.17) is 0 Å². The molecule has 0 saturated carbocycles. The van der Waals surface area contributed by atoms with E-state index in [1.807, 2.05) is 0 Å². The van der Waals surface area contributed by atoms with Crippen LogP contribution in [0.3, 0.4) is 0 Å². The van der Waals surface area contributed by atoms with Crippen molar-refractivity contribution in [2.24, 2.45) is 0 Å². The van der Waals surface area contributed by atoms with Gasteiger partial charge in [-0.05, 0) is 0 Å². The van der Waals surface area contributed by atoms with Crippen molar-refractivity contribution in [3.8, 4) is 0 Å². The van der Waals surface area contributed by atoms with Crippen molar-refractivity contribution in [1.29, 1.82) is 0 Å². The van der Waals surface area contributed by atoms with Gasteiger partial charge in [0.2, 0.25) is 0 Å². The Morgan fingerprint density at radius 1 is 0.655 bits per heavy atom. The molecule has 0 heterocycles. The molecule has 1 aliphatic carbocycles. The Labute approximate surface area is 208 Å². The van der Waals surface area contributed by atoms with E-state index in [1.165, 1.54) is 26.7 Å². The Morgan fingerprint density at radius 2 is 1.07 bits per heavy atom. The minimum atomic E-state index is -2.08. The summed E-state index contributed by atoms with van der Waals surface area (Å²) in [4.78, 5) is 0. The van der Waals surface area contributed by atoms with Crippen molar-refractivity contribution in [2.75, 3.05) is 0 Å². The van der Waals surface area contributed by atoms with E-state index < -0.39 is 8.07 Å². The molecule has 0 aromatic heterocycles. The molecule has 0 unspecified atom stereocenters. The van der Waals surface area contributed by atoms with Crippen LogP contribution in [0.2, 0.25) is 6.55 Å². The fourth-order valence-corrected chi connectivity index (χ4v) is 7.65. The number of rotatable bonds is 4. The van der Waals surface area contributed by atoms with Gasteiger partial charge in [0, 0.05) is 0 Å². The quantitative estimate of drug-likeness (QED) is 0.256. The topological polar surface area (TPSA) is 0 Å². The average Bonchev–Trinajstić information content (AvgIpc) is 3.20. The van der Waals surface area contributed by atoms with Crippen LogP contribution in [0, 0.1) is 6.08 Å². The summed E-state index contributed by atoms with van der Waals surface area (Å²) in [6.45, 7) is 2.46. The van der Waals surface area contributed by atoms with Gasteiger partial charge in [-0.2, -0.15) is 11.6 Å². The monoisotopic (exact) mass is 490 g/mol. The molecule has 0 atom stereocenters. The largest absolute Gasteiger partial charge is 4.00 e. The molecule has 1 aliphatic rings. The summed E-state index contributed by atoms with van der Waals surface area (Å²) in [5, 5.41) is 4.29. The summed E-state index contributed by atoms with van der Waals surface area (Å²) in [5.74, 6) is 0. The first-order valence-corrected chi connectivity index (χ1v) is 11.3. The molecule has 29 heavy (non-hydrogen) atoms. The standard InChI is InChI=1S/C24H21Si.3ClH.Ti/c1-25(21-14-7-3-8-15-21,22-16-9-4-10-17-22)24-19-11-18-23(24)20-12-5-2-6-13-20;;;;/h2-10,12-18H,11H2,1H3;3*1H;/q-1;;;;+4/p-3. The van der Waals surface area contributed by atoms with Crippen molar-refractivity contribution >= 4 is 24.0 Å².